The number of likely N-dealkylation sites (N-methyl/N-ethyl adjacent to an activating group) is 1. The zero-order chi connectivity index (χ0) is 63.3. The van der Waals surface area contributed by atoms with Gasteiger partial charge < -0.3 is 28.5 Å². The van der Waals surface area contributed by atoms with E-state index in [9.17, 15) is 19.5 Å². The molecule has 0 aromatic rings. The van der Waals surface area contributed by atoms with Crippen LogP contribution in [-0.4, -0.2) is 87.4 Å². The molecule has 0 fully saturated rings. The lowest BCUT2D eigenvalue weighted by molar-refractivity contribution is -0.870. The lowest BCUT2D eigenvalue weighted by atomic mass is 10.1. The summed E-state index contributed by atoms with van der Waals surface area (Å²) in [5, 5.41) is 9.73. The lowest BCUT2D eigenvalue weighted by Crippen LogP contribution is -2.40. The topological polar surface area (TPSA) is 108 Å². The van der Waals surface area contributed by atoms with E-state index >= 15 is 0 Å². The van der Waals surface area contributed by atoms with Gasteiger partial charge in [-0.05, 0) is 141 Å². The van der Waals surface area contributed by atoms with Crippen LogP contribution in [0.15, 0.2) is 207 Å². The number of quaternary nitrogens is 1. The summed E-state index contributed by atoms with van der Waals surface area (Å²) in [5.74, 6) is -2.13. The second kappa shape index (κ2) is 65.8. The summed E-state index contributed by atoms with van der Waals surface area (Å²) in [5.41, 5.74) is 0. The van der Waals surface area contributed by atoms with Crippen LogP contribution in [0.25, 0.3) is 0 Å². The van der Waals surface area contributed by atoms with Crippen LogP contribution in [0.4, 0.5) is 0 Å². The minimum atomic E-state index is -1.54. The first kappa shape index (κ1) is 80.9. The van der Waals surface area contributed by atoms with Gasteiger partial charge in [-0.15, -0.1) is 0 Å². The summed E-state index contributed by atoms with van der Waals surface area (Å²) >= 11 is 0. The van der Waals surface area contributed by atoms with E-state index in [0.29, 0.717) is 30.3 Å². The van der Waals surface area contributed by atoms with E-state index in [1.807, 2.05) is 21.1 Å². The summed E-state index contributed by atoms with van der Waals surface area (Å²) < 4.78 is 22.8. The Bertz CT molecular complexity index is 2180. The minimum Gasteiger partial charge on any atom is -0.477 e. The summed E-state index contributed by atoms with van der Waals surface area (Å²) in [6.45, 7) is 4.53. The van der Waals surface area contributed by atoms with Crippen molar-refractivity contribution in [2.45, 2.75) is 219 Å². The summed E-state index contributed by atoms with van der Waals surface area (Å²) in [6.07, 6.45) is 101. The molecule has 9 heteroatoms. The Labute approximate surface area is 531 Å². The van der Waals surface area contributed by atoms with Gasteiger partial charge in [0.15, 0.2) is 6.10 Å². The smallest absolute Gasteiger partial charge is 0.361 e. The van der Waals surface area contributed by atoms with Crippen LogP contribution in [0.2, 0.25) is 0 Å². The summed E-state index contributed by atoms with van der Waals surface area (Å²) in [4.78, 5) is 37.6. The quantitative estimate of drug-likeness (QED) is 0.0211. The average Bonchev–Trinajstić information content (AvgIpc) is 3.57. The molecule has 2 unspecified atom stereocenters. The highest BCUT2D eigenvalue weighted by Gasteiger charge is 2.25. The van der Waals surface area contributed by atoms with Gasteiger partial charge in [0.25, 0.3) is 6.29 Å². The molecule has 0 rings (SSSR count). The van der Waals surface area contributed by atoms with Gasteiger partial charge in [0, 0.05) is 12.8 Å². The van der Waals surface area contributed by atoms with Crippen LogP contribution in [-0.2, 0) is 33.3 Å². The van der Waals surface area contributed by atoms with Crippen molar-refractivity contribution in [3.8, 4) is 0 Å². The lowest BCUT2D eigenvalue weighted by Gasteiger charge is -2.25. The van der Waals surface area contributed by atoms with Gasteiger partial charge in [-0.3, -0.25) is 9.59 Å². The van der Waals surface area contributed by atoms with E-state index in [0.717, 1.165) is 135 Å². The van der Waals surface area contributed by atoms with Crippen LogP contribution in [0, 0.1) is 0 Å². The maximum Gasteiger partial charge on any atom is 0.361 e. The molecular weight excluding hydrogens is 1080 g/mol. The molecule has 0 aromatic carbocycles. The molecule has 1 N–H and O–H groups in total. The van der Waals surface area contributed by atoms with Gasteiger partial charge in [0.2, 0.25) is 0 Å². The number of carboxylic acid groups (broad SMARTS) is 1. The zero-order valence-electron chi connectivity index (χ0n) is 55.1. The fourth-order valence-corrected chi connectivity index (χ4v) is 8.03. The molecule has 0 aliphatic heterocycles. The predicted molar refractivity (Wildman–Crippen MR) is 372 cm³/mol. The van der Waals surface area contributed by atoms with E-state index in [2.05, 4.69) is 220 Å². The molecule has 0 saturated heterocycles. The third-order valence-corrected chi connectivity index (χ3v) is 13.0. The molecule has 484 valence electrons. The molecule has 87 heavy (non-hydrogen) atoms. The first-order valence-corrected chi connectivity index (χ1v) is 33.2. The number of hydrogen-bond acceptors (Lipinski definition) is 7. The van der Waals surface area contributed by atoms with Crippen molar-refractivity contribution in [1.29, 1.82) is 0 Å². The number of ether oxygens (including phenoxy) is 4. The summed E-state index contributed by atoms with van der Waals surface area (Å²) in [6, 6.07) is 0. The van der Waals surface area contributed by atoms with Crippen molar-refractivity contribution >= 4 is 17.9 Å². The molecule has 0 spiro atoms. The Kier molecular flexibility index (Phi) is 61.2. The largest absolute Gasteiger partial charge is 0.477 e. The normalized spacial score (nSPS) is 14.1. The fourth-order valence-electron chi connectivity index (χ4n) is 8.03. The van der Waals surface area contributed by atoms with E-state index in [-0.39, 0.29) is 38.6 Å². The molecule has 0 saturated carbocycles. The Morgan fingerprint density at radius 2 is 0.632 bits per heavy atom. The number of carboxylic acids is 1. The standard InChI is InChI=1S/C78H119NO8/c1-6-8-10-12-14-16-18-20-22-24-26-28-30-32-34-36-37-38-39-41-42-44-46-48-50-52-54-56-58-60-62-64-66-68-75(80)85-72-74(73-86-78(77(82)83)84-71-70-79(3,4)5)87-76(81)69-67-65-63-61-59-57-55-53-51-49-47-45-43-40-35-33-31-29-27-25-23-21-19-17-15-13-11-9-7-2/h8-11,14-17,20-23,26-29,32-35,37-38,41-43,45-46,48-49,51,55,57,61,63,74,78H,6-7,12-13,18-19,24-25,30-31,36,39-40,44,47,50,52-54,56,58-60,62,64-73H2,1-5H3/p+1/b10-8-,11-9-,16-14-,17-15-,22-20-,23-21-,28-26-,29-27-,34-32-,35-33-,38-37-,42-41-,45-43-,48-46-,51-49-,57-55-,63-61-. The number of carbonyl (C=O) groups excluding carboxylic acids is 2. The second-order valence-electron chi connectivity index (χ2n) is 22.3. The van der Waals surface area contributed by atoms with Crippen molar-refractivity contribution in [3.05, 3.63) is 207 Å². The minimum absolute atomic E-state index is 0.163. The van der Waals surface area contributed by atoms with Crippen molar-refractivity contribution in [3.63, 3.8) is 0 Å². The van der Waals surface area contributed by atoms with Crippen LogP contribution in [0.3, 0.4) is 0 Å². The number of aliphatic carboxylic acids is 1. The third kappa shape index (κ3) is 67.2. The highest BCUT2D eigenvalue weighted by atomic mass is 16.7. The second-order valence-corrected chi connectivity index (χ2v) is 22.3. The highest BCUT2D eigenvalue weighted by Crippen LogP contribution is 2.13. The molecule has 0 aliphatic rings. The van der Waals surface area contributed by atoms with E-state index in [1.54, 1.807) is 0 Å². The maximum absolute atomic E-state index is 12.9. The zero-order valence-corrected chi connectivity index (χ0v) is 55.1. The number of nitrogens with zero attached hydrogens (tertiary/aromatic N) is 1. The van der Waals surface area contributed by atoms with Gasteiger partial charge in [-0.2, -0.15) is 0 Å². The van der Waals surface area contributed by atoms with Crippen molar-refractivity contribution in [2.24, 2.45) is 0 Å². The Morgan fingerprint density at radius 1 is 0.345 bits per heavy atom. The first-order valence-electron chi connectivity index (χ1n) is 33.2. The molecule has 9 nitrogen and oxygen atoms in total. The number of rotatable bonds is 58. The number of allylic oxidation sites excluding steroid dienone is 34. The molecule has 2 atom stereocenters. The average molecular weight is 1200 g/mol. The van der Waals surface area contributed by atoms with Gasteiger partial charge in [-0.25, -0.2) is 4.79 Å². The molecule has 0 aliphatic carbocycles. The molecular formula is C78H120NO8+. The number of carbonyl (C=O) groups is 3. The Morgan fingerprint density at radius 3 is 0.954 bits per heavy atom. The van der Waals surface area contributed by atoms with Gasteiger partial charge in [0.05, 0.1) is 34.4 Å². The van der Waals surface area contributed by atoms with E-state index in [4.69, 9.17) is 18.9 Å². The molecule has 0 heterocycles. The molecule has 0 bridgehead atoms. The van der Waals surface area contributed by atoms with Crippen molar-refractivity contribution in [2.75, 3.05) is 47.5 Å². The Hall–Kier alpha value is -6.13. The first-order chi connectivity index (χ1) is 42.6. The van der Waals surface area contributed by atoms with Crippen molar-refractivity contribution in [1.82, 2.24) is 0 Å². The number of hydrogen-bond donors (Lipinski definition) is 1. The molecule has 0 radical (unpaired) electrons. The summed E-state index contributed by atoms with van der Waals surface area (Å²) in [7, 11) is 5.93. The highest BCUT2D eigenvalue weighted by molar-refractivity contribution is 5.71. The van der Waals surface area contributed by atoms with Crippen LogP contribution in [0.1, 0.15) is 206 Å². The van der Waals surface area contributed by atoms with E-state index in [1.165, 1.54) is 25.7 Å². The molecule has 0 aromatic heterocycles. The SMILES string of the molecule is CC/C=C\C/C=C\C/C=C\C/C=C\C/C=C\C/C=C\C/C=C\C/C=C\C/C=C\CCCC(=O)OC(COC(=O)CCCCCCCCCC/C=C\C/C=C\C/C=C\C/C=C\C/C=C\C/C=C\C/C=C\C/C=C\CC)COC(OCC[N+](C)(C)C)C(=O)O. The van der Waals surface area contributed by atoms with Gasteiger partial charge >= 0.3 is 17.9 Å². The number of esters is 2. The Balaban J connectivity index is 4.35. The number of unbranched alkanes of at least 4 members (excludes halogenated alkanes) is 9. The van der Waals surface area contributed by atoms with E-state index < -0.39 is 24.3 Å². The van der Waals surface area contributed by atoms with Crippen LogP contribution >= 0.6 is 0 Å². The maximum atomic E-state index is 12.9. The van der Waals surface area contributed by atoms with Gasteiger partial charge in [-0.1, -0.05) is 259 Å². The van der Waals surface area contributed by atoms with Crippen LogP contribution in [0.5, 0.6) is 0 Å². The van der Waals surface area contributed by atoms with Gasteiger partial charge in [0.1, 0.15) is 13.2 Å². The third-order valence-electron chi connectivity index (χ3n) is 13.0. The fraction of sp³-hybridized carbons (Fsp3) is 0.526. The van der Waals surface area contributed by atoms with Crippen molar-refractivity contribution < 1.29 is 42.9 Å². The van der Waals surface area contributed by atoms with Crippen LogP contribution < -0.4 is 0 Å². The molecule has 0 amide bonds. The monoisotopic (exact) mass is 1200 g/mol. The predicted octanol–water partition coefficient (Wildman–Crippen LogP) is 20.8.